The third-order valence-corrected chi connectivity index (χ3v) is 2.97. The Labute approximate surface area is 108 Å². The number of benzene rings is 1. The second kappa shape index (κ2) is 7.67. The van der Waals surface area contributed by atoms with E-state index in [1.54, 1.807) is 0 Å². The fourth-order valence-electron chi connectivity index (χ4n) is 1.56. The van der Waals surface area contributed by atoms with Gasteiger partial charge in [-0.25, -0.2) is 0 Å². The van der Waals surface area contributed by atoms with Gasteiger partial charge < -0.3 is 15.6 Å². The summed E-state index contributed by atoms with van der Waals surface area (Å²) in [5, 5.41) is 9.36. The summed E-state index contributed by atoms with van der Waals surface area (Å²) in [6.07, 6.45) is 1.23. The standard InChI is InChI=1S/C13H20ClNO2/c1-10(11-5-4-6-12(14)9-11)13(15)17-8-3-2-7-16/h4-6,9-10,13,16H,2-3,7-8,15H2,1H3/t10?,13-/m0/s1. The molecular weight excluding hydrogens is 238 g/mol. The number of hydrogen-bond acceptors (Lipinski definition) is 3. The van der Waals surface area contributed by atoms with Crippen LogP contribution in [-0.2, 0) is 4.74 Å². The highest BCUT2D eigenvalue weighted by atomic mass is 35.5. The molecule has 0 fully saturated rings. The first-order valence-corrected chi connectivity index (χ1v) is 6.26. The zero-order chi connectivity index (χ0) is 12.7. The van der Waals surface area contributed by atoms with E-state index in [1.165, 1.54) is 0 Å². The molecule has 1 aromatic carbocycles. The predicted octanol–water partition coefficient (Wildman–Crippen LogP) is 2.52. The molecule has 0 bridgehead atoms. The lowest BCUT2D eigenvalue weighted by Gasteiger charge is -2.21. The van der Waals surface area contributed by atoms with Crippen molar-refractivity contribution in [3.05, 3.63) is 34.9 Å². The first-order chi connectivity index (χ1) is 8.15. The zero-order valence-corrected chi connectivity index (χ0v) is 10.9. The number of aliphatic hydroxyl groups is 1. The molecule has 96 valence electrons. The molecule has 0 aromatic heterocycles. The van der Waals surface area contributed by atoms with Crippen LogP contribution in [0.15, 0.2) is 24.3 Å². The number of hydrogen-bond donors (Lipinski definition) is 2. The van der Waals surface area contributed by atoms with E-state index in [0.29, 0.717) is 11.6 Å². The van der Waals surface area contributed by atoms with E-state index >= 15 is 0 Å². The van der Waals surface area contributed by atoms with Gasteiger partial charge in [0, 0.05) is 24.2 Å². The predicted molar refractivity (Wildman–Crippen MR) is 70.1 cm³/mol. The molecule has 1 rings (SSSR count). The Morgan fingerprint density at radius 2 is 2.18 bits per heavy atom. The lowest BCUT2D eigenvalue weighted by molar-refractivity contribution is 0.0381. The quantitative estimate of drug-likeness (QED) is 0.583. The highest BCUT2D eigenvalue weighted by molar-refractivity contribution is 6.30. The monoisotopic (exact) mass is 257 g/mol. The molecule has 0 aliphatic rings. The molecule has 1 unspecified atom stereocenters. The van der Waals surface area contributed by atoms with Gasteiger partial charge in [-0.15, -0.1) is 0 Å². The molecule has 3 N–H and O–H groups in total. The summed E-state index contributed by atoms with van der Waals surface area (Å²) in [5.74, 6) is 0.0998. The average Bonchev–Trinajstić information content (AvgIpc) is 2.33. The lowest BCUT2D eigenvalue weighted by Crippen LogP contribution is -2.30. The Kier molecular flexibility index (Phi) is 6.52. The minimum atomic E-state index is -0.341. The zero-order valence-electron chi connectivity index (χ0n) is 10.1. The van der Waals surface area contributed by atoms with E-state index in [2.05, 4.69) is 0 Å². The number of unbranched alkanes of at least 4 members (excludes halogenated alkanes) is 1. The second-order valence-electron chi connectivity index (χ2n) is 4.11. The van der Waals surface area contributed by atoms with Gasteiger partial charge in [0.1, 0.15) is 6.23 Å². The lowest BCUT2D eigenvalue weighted by atomic mass is 10.00. The number of aliphatic hydroxyl groups excluding tert-OH is 1. The van der Waals surface area contributed by atoms with Gasteiger partial charge in [0.2, 0.25) is 0 Å². The van der Waals surface area contributed by atoms with Gasteiger partial charge in [0.25, 0.3) is 0 Å². The summed E-state index contributed by atoms with van der Waals surface area (Å²) >= 11 is 5.93. The molecule has 0 aliphatic heterocycles. The van der Waals surface area contributed by atoms with Crippen LogP contribution in [0, 0.1) is 0 Å². The van der Waals surface area contributed by atoms with Crippen molar-refractivity contribution in [3.8, 4) is 0 Å². The summed E-state index contributed by atoms with van der Waals surface area (Å²) in [4.78, 5) is 0. The van der Waals surface area contributed by atoms with Crippen molar-refractivity contribution in [3.63, 3.8) is 0 Å². The maximum Gasteiger partial charge on any atom is 0.112 e. The van der Waals surface area contributed by atoms with Crippen LogP contribution in [-0.4, -0.2) is 24.5 Å². The first kappa shape index (κ1) is 14.5. The van der Waals surface area contributed by atoms with Gasteiger partial charge in [-0.3, -0.25) is 0 Å². The van der Waals surface area contributed by atoms with Crippen LogP contribution >= 0.6 is 11.6 Å². The van der Waals surface area contributed by atoms with Gasteiger partial charge in [-0.1, -0.05) is 30.7 Å². The Bertz CT molecular complexity index is 333. The smallest absolute Gasteiger partial charge is 0.112 e. The molecule has 0 spiro atoms. The Balaban J connectivity index is 2.43. The van der Waals surface area contributed by atoms with Gasteiger partial charge in [-0.2, -0.15) is 0 Å². The normalized spacial score (nSPS) is 14.6. The molecule has 0 heterocycles. The largest absolute Gasteiger partial charge is 0.396 e. The summed E-state index contributed by atoms with van der Waals surface area (Å²) in [6.45, 7) is 2.79. The van der Waals surface area contributed by atoms with Crippen molar-refractivity contribution in [2.75, 3.05) is 13.2 Å². The maximum atomic E-state index is 8.65. The molecule has 4 heteroatoms. The number of ether oxygens (including phenoxy) is 1. The van der Waals surface area contributed by atoms with E-state index in [-0.39, 0.29) is 18.8 Å². The van der Waals surface area contributed by atoms with Gasteiger partial charge in [-0.05, 0) is 30.5 Å². The molecule has 0 radical (unpaired) electrons. The molecule has 0 saturated heterocycles. The molecule has 0 amide bonds. The summed E-state index contributed by atoms with van der Waals surface area (Å²) in [5.41, 5.74) is 7.03. The SMILES string of the molecule is CC(c1cccc(Cl)c1)[C@@H](N)OCCCCO. The summed E-state index contributed by atoms with van der Waals surface area (Å²) in [6, 6.07) is 7.65. The maximum absolute atomic E-state index is 8.65. The van der Waals surface area contributed by atoms with Crippen LogP contribution in [0.25, 0.3) is 0 Å². The van der Waals surface area contributed by atoms with Crippen LogP contribution in [0.3, 0.4) is 0 Å². The van der Waals surface area contributed by atoms with Crippen LogP contribution in [0.2, 0.25) is 5.02 Å². The van der Waals surface area contributed by atoms with Crippen molar-refractivity contribution in [2.24, 2.45) is 5.73 Å². The molecule has 0 saturated carbocycles. The Morgan fingerprint density at radius 3 is 2.82 bits per heavy atom. The van der Waals surface area contributed by atoms with Crippen molar-refractivity contribution in [2.45, 2.75) is 31.9 Å². The highest BCUT2D eigenvalue weighted by Crippen LogP contribution is 2.22. The summed E-state index contributed by atoms with van der Waals surface area (Å²) in [7, 11) is 0. The number of rotatable bonds is 7. The van der Waals surface area contributed by atoms with Crippen LogP contribution in [0.1, 0.15) is 31.2 Å². The first-order valence-electron chi connectivity index (χ1n) is 5.88. The van der Waals surface area contributed by atoms with E-state index in [9.17, 15) is 0 Å². The van der Waals surface area contributed by atoms with Crippen LogP contribution in [0.5, 0.6) is 0 Å². The van der Waals surface area contributed by atoms with Crippen molar-refractivity contribution >= 4 is 11.6 Å². The molecular formula is C13H20ClNO2. The fourth-order valence-corrected chi connectivity index (χ4v) is 1.76. The van der Waals surface area contributed by atoms with Crippen molar-refractivity contribution in [1.29, 1.82) is 0 Å². The van der Waals surface area contributed by atoms with Crippen LogP contribution in [0.4, 0.5) is 0 Å². The van der Waals surface area contributed by atoms with E-state index < -0.39 is 0 Å². The highest BCUT2D eigenvalue weighted by Gasteiger charge is 2.15. The third kappa shape index (κ3) is 5.04. The minimum Gasteiger partial charge on any atom is -0.396 e. The van der Waals surface area contributed by atoms with Gasteiger partial charge in [0.05, 0.1) is 0 Å². The molecule has 3 nitrogen and oxygen atoms in total. The van der Waals surface area contributed by atoms with E-state index in [0.717, 1.165) is 18.4 Å². The Hall–Kier alpha value is -0.610. The van der Waals surface area contributed by atoms with E-state index in [4.69, 9.17) is 27.2 Å². The minimum absolute atomic E-state index is 0.0998. The van der Waals surface area contributed by atoms with Crippen molar-refractivity contribution in [1.82, 2.24) is 0 Å². The Morgan fingerprint density at radius 1 is 1.41 bits per heavy atom. The third-order valence-electron chi connectivity index (χ3n) is 2.73. The van der Waals surface area contributed by atoms with E-state index in [1.807, 2.05) is 31.2 Å². The molecule has 1 aromatic rings. The second-order valence-corrected chi connectivity index (χ2v) is 4.55. The molecule has 0 aliphatic carbocycles. The molecule has 2 atom stereocenters. The fraction of sp³-hybridized carbons (Fsp3) is 0.538. The topological polar surface area (TPSA) is 55.5 Å². The molecule has 17 heavy (non-hydrogen) atoms. The number of halogens is 1. The van der Waals surface area contributed by atoms with Gasteiger partial charge >= 0.3 is 0 Å². The number of nitrogens with two attached hydrogens (primary N) is 1. The van der Waals surface area contributed by atoms with Crippen LogP contribution < -0.4 is 5.73 Å². The van der Waals surface area contributed by atoms with Gasteiger partial charge in [0.15, 0.2) is 0 Å². The van der Waals surface area contributed by atoms with Crippen molar-refractivity contribution < 1.29 is 9.84 Å². The average molecular weight is 258 g/mol. The summed E-state index contributed by atoms with van der Waals surface area (Å²) < 4.78 is 5.52.